The maximum absolute atomic E-state index is 12.6. The van der Waals surface area contributed by atoms with Crippen molar-refractivity contribution in [3.8, 4) is 22.8 Å². The van der Waals surface area contributed by atoms with E-state index in [0.717, 1.165) is 32.7 Å². The molecular weight excluding hydrogens is 490 g/mol. The van der Waals surface area contributed by atoms with E-state index < -0.39 is 0 Å². The monoisotopic (exact) mass is 509 g/mol. The lowest BCUT2D eigenvalue weighted by molar-refractivity contribution is -0.113. The van der Waals surface area contributed by atoms with E-state index in [4.69, 9.17) is 4.74 Å². The molecule has 1 amide bonds. The molecular formula is C23H20BrN5O2S. The van der Waals surface area contributed by atoms with Crippen LogP contribution < -0.4 is 10.1 Å². The zero-order chi connectivity index (χ0) is 22.5. The van der Waals surface area contributed by atoms with Gasteiger partial charge in [0.05, 0.1) is 12.9 Å². The van der Waals surface area contributed by atoms with Crippen LogP contribution in [0.15, 0.2) is 76.6 Å². The highest BCUT2D eigenvalue weighted by molar-refractivity contribution is 9.10. The molecule has 0 spiro atoms. The average Bonchev–Trinajstić information content (AvgIpc) is 3.24. The smallest absolute Gasteiger partial charge is 0.234 e. The minimum atomic E-state index is -0.116. The van der Waals surface area contributed by atoms with E-state index in [1.54, 1.807) is 19.5 Å². The number of nitrogens with one attached hydrogen (secondary N) is 1. The predicted octanol–water partition coefficient (Wildman–Crippen LogP) is 5.14. The van der Waals surface area contributed by atoms with Crippen LogP contribution in [0.25, 0.3) is 17.1 Å². The molecule has 32 heavy (non-hydrogen) atoms. The molecule has 4 aromatic rings. The van der Waals surface area contributed by atoms with Crippen molar-refractivity contribution < 1.29 is 9.53 Å². The summed E-state index contributed by atoms with van der Waals surface area (Å²) in [5, 5.41) is 12.3. The summed E-state index contributed by atoms with van der Waals surface area (Å²) in [6.07, 6.45) is 3.42. The maximum atomic E-state index is 12.6. The molecule has 0 bridgehead atoms. The summed E-state index contributed by atoms with van der Waals surface area (Å²) in [5.74, 6) is 1.50. The van der Waals surface area contributed by atoms with E-state index in [2.05, 4.69) is 36.4 Å². The lowest BCUT2D eigenvalue weighted by atomic mass is 10.2. The Labute approximate surface area is 198 Å². The number of pyridine rings is 1. The Balaban J connectivity index is 1.59. The third-order valence-electron chi connectivity index (χ3n) is 4.70. The van der Waals surface area contributed by atoms with Crippen molar-refractivity contribution in [3.63, 3.8) is 0 Å². The van der Waals surface area contributed by atoms with Gasteiger partial charge in [0.2, 0.25) is 5.91 Å². The Morgan fingerprint density at radius 1 is 1.09 bits per heavy atom. The van der Waals surface area contributed by atoms with Crippen molar-refractivity contribution >= 4 is 39.3 Å². The van der Waals surface area contributed by atoms with Crippen LogP contribution >= 0.6 is 27.7 Å². The second-order valence-corrected chi connectivity index (χ2v) is 8.73. The van der Waals surface area contributed by atoms with Crippen LogP contribution in [0.1, 0.15) is 5.56 Å². The molecule has 1 N–H and O–H groups in total. The summed E-state index contributed by atoms with van der Waals surface area (Å²) in [6, 6.07) is 17.1. The number of aryl methyl sites for hydroxylation is 1. The number of carbonyl (C=O) groups is 1. The quantitative estimate of drug-likeness (QED) is 0.347. The fourth-order valence-electron chi connectivity index (χ4n) is 3.10. The van der Waals surface area contributed by atoms with Gasteiger partial charge in [0.15, 0.2) is 11.0 Å². The van der Waals surface area contributed by atoms with Gasteiger partial charge in [-0.05, 0) is 67.1 Å². The van der Waals surface area contributed by atoms with E-state index in [1.165, 1.54) is 11.8 Å². The maximum Gasteiger partial charge on any atom is 0.234 e. The zero-order valence-electron chi connectivity index (χ0n) is 17.4. The molecule has 0 radical (unpaired) electrons. The first kappa shape index (κ1) is 22.0. The van der Waals surface area contributed by atoms with Crippen LogP contribution in [0.4, 0.5) is 5.69 Å². The molecule has 0 saturated carbocycles. The highest BCUT2D eigenvalue weighted by Gasteiger charge is 2.17. The second kappa shape index (κ2) is 9.97. The topological polar surface area (TPSA) is 81.9 Å². The molecule has 0 unspecified atom stereocenters. The standard InChI is InChI=1S/C23H20BrN5O2S/c1-15-13-17(24)3-8-20(15)26-21(30)14-32-23-28-27-22(16-9-11-25-12-10-16)29(23)18-4-6-19(31-2)7-5-18/h3-13H,14H2,1-2H3,(H,26,30). The number of anilines is 1. The number of rotatable bonds is 7. The number of amides is 1. The Morgan fingerprint density at radius 3 is 2.53 bits per heavy atom. The number of aromatic nitrogens is 4. The fraction of sp³-hybridized carbons (Fsp3) is 0.130. The lowest BCUT2D eigenvalue weighted by Crippen LogP contribution is -2.15. The number of halogens is 1. The highest BCUT2D eigenvalue weighted by Crippen LogP contribution is 2.29. The number of carbonyl (C=O) groups excluding carboxylic acids is 1. The third kappa shape index (κ3) is 5.00. The van der Waals surface area contributed by atoms with Crippen LogP contribution in [0.2, 0.25) is 0 Å². The SMILES string of the molecule is COc1ccc(-n2c(SCC(=O)Nc3ccc(Br)cc3C)nnc2-c2ccncc2)cc1. The average molecular weight is 510 g/mol. The molecule has 0 saturated heterocycles. The van der Waals surface area contributed by atoms with E-state index in [9.17, 15) is 4.79 Å². The minimum Gasteiger partial charge on any atom is -0.497 e. The van der Waals surface area contributed by atoms with Crippen molar-refractivity contribution in [3.05, 3.63) is 77.0 Å². The third-order valence-corrected chi connectivity index (χ3v) is 6.12. The van der Waals surface area contributed by atoms with Crippen molar-refractivity contribution in [2.24, 2.45) is 0 Å². The van der Waals surface area contributed by atoms with Crippen LogP contribution in [0.5, 0.6) is 5.75 Å². The molecule has 0 fully saturated rings. The van der Waals surface area contributed by atoms with Gasteiger partial charge in [-0.2, -0.15) is 0 Å². The summed E-state index contributed by atoms with van der Waals surface area (Å²) in [7, 11) is 1.63. The summed E-state index contributed by atoms with van der Waals surface area (Å²) in [4.78, 5) is 16.7. The van der Waals surface area contributed by atoms with Crippen LogP contribution in [-0.2, 0) is 4.79 Å². The molecule has 0 aliphatic heterocycles. The van der Waals surface area contributed by atoms with Gasteiger partial charge in [-0.1, -0.05) is 27.7 Å². The molecule has 0 atom stereocenters. The van der Waals surface area contributed by atoms with Crippen LogP contribution in [0, 0.1) is 6.92 Å². The van der Waals surface area contributed by atoms with Gasteiger partial charge in [-0.3, -0.25) is 14.3 Å². The Hall–Kier alpha value is -3.17. The first-order chi connectivity index (χ1) is 15.5. The summed E-state index contributed by atoms with van der Waals surface area (Å²) < 4.78 is 8.17. The van der Waals surface area contributed by atoms with E-state index in [0.29, 0.717) is 11.0 Å². The van der Waals surface area contributed by atoms with Gasteiger partial charge in [0.1, 0.15) is 5.75 Å². The highest BCUT2D eigenvalue weighted by atomic mass is 79.9. The van der Waals surface area contributed by atoms with Crippen LogP contribution in [-0.4, -0.2) is 38.5 Å². The summed E-state index contributed by atoms with van der Waals surface area (Å²) >= 11 is 4.76. The van der Waals surface area contributed by atoms with Crippen molar-refractivity contribution in [2.45, 2.75) is 12.1 Å². The van der Waals surface area contributed by atoms with Crippen LogP contribution in [0.3, 0.4) is 0 Å². The molecule has 9 heteroatoms. The zero-order valence-corrected chi connectivity index (χ0v) is 19.9. The number of hydrogen-bond donors (Lipinski definition) is 1. The first-order valence-corrected chi connectivity index (χ1v) is 11.5. The summed E-state index contributed by atoms with van der Waals surface area (Å²) in [6.45, 7) is 1.95. The molecule has 2 heterocycles. The fourth-order valence-corrected chi connectivity index (χ4v) is 4.33. The number of methoxy groups -OCH3 is 1. The molecule has 2 aromatic heterocycles. The Kier molecular flexibility index (Phi) is 6.87. The number of benzene rings is 2. The molecule has 162 valence electrons. The lowest BCUT2D eigenvalue weighted by Gasteiger charge is -2.12. The van der Waals surface area contributed by atoms with Gasteiger partial charge >= 0.3 is 0 Å². The van der Waals surface area contributed by atoms with Crippen molar-refractivity contribution in [1.29, 1.82) is 0 Å². The van der Waals surface area contributed by atoms with E-state index >= 15 is 0 Å². The van der Waals surface area contributed by atoms with E-state index in [-0.39, 0.29) is 11.7 Å². The van der Waals surface area contributed by atoms with Crippen molar-refractivity contribution in [1.82, 2.24) is 19.7 Å². The number of ether oxygens (including phenoxy) is 1. The van der Waals surface area contributed by atoms with Gasteiger partial charge in [-0.15, -0.1) is 10.2 Å². The Bertz CT molecular complexity index is 1230. The number of nitrogens with zero attached hydrogens (tertiary/aromatic N) is 4. The number of thioether (sulfide) groups is 1. The predicted molar refractivity (Wildman–Crippen MR) is 129 cm³/mol. The molecule has 4 rings (SSSR count). The normalized spacial score (nSPS) is 10.7. The summed E-state index contributed by atoms with van der Waals surface area (Å²) in [5.41, 5.74) is 3.52. The molecule has 7 nitrogen and oxygen atoms in total. The van der Waals surface area contributed by atoms with Gasteiger partial charge in [0.25, 0.3) is 0 Å². The minimum absolute atomic E-state index is 0.116. The van der Waals surface area contributed by atoms with Gasteiger partial charge in [0, 0.05) is 33.8 Å². The van der Waals surface area contributed by atoms with Gasteiger partial charge in [-0.25, -0.2) is 0 Å². The van der Waals surface area contributed by atoms with E-state index in [1.807, 2.05) is 66.1 Å². The first-order valence-electron chi connectivity index (χ1n) is 9.74. The molecule has 0 aliphatic rings. The van der Waals surface area contributed by atoms with Crippen molar-refractivity contribution in [2.75, 3.05) is 18.2 Å². The largest absolute Gasteiger partial charge is 0.497 e. The molecule has 0 aliphatic carbocycles. The van der Waals surface area contributed by atoms with Gasteiger partial charge < -0.3 is 10.1 Å². The molecule has 2 aromatic carbocycles. The Morgan fingerprint density at radius 2 is 1.84 bits per heavy atom. The number of hydrogen-bond acceptors (Lipinski definition) is 6. The second-order valence-electron chi connectivity index (χ2n) is 6.87.